The summed E-state index contributed by atoms with van der Waals surface area (Å²) in [6.07, 6.45) is 0.930. The zero-order chi connectivity index (χ0) is 10.3. The van der Waals surface area contributed by atoms with Gasteiger partial charge in [-0.05, 0) is 18.2 Å². The van der Waals surface area contributed by atoms with Crippen LogP contribution in [0.1, 0.15) is 34.6 Å². The molecule has 0 saturated heterocycles. The molecule has 0 amide bonds. The molecule has 0 aromatic rings. The van der Waals surface area contributed by atoms with Crippen molar-refractivity contribution in [1.29, 1.82) is 0 Å². The van der Waals surface area contributed by atoms with E-state index in [1.165, 1.54) is 0 Å². The van der Waals surface area contributed by atoms with Crippen molar-refractivity contribution in [2.45, 2.75) is 40.9 Å². The van der Waals surface area contributed by atoms with Crippen molar-refractivity contribution in [3.63, 3.8) is 0 Å². The maximum Gasteiger partial charge on any atom is 0.456 e. The van der Waals surface area contributed by atoms with E-state index in [9.17, 15) is 0 Å². The lowest BCUT2D eigenvalue weighted by atomic mass is 9.85. The second kappa shape index (κ2) is 7.39. The molecule has 0 bridgehead atoms. The minimum Gasteiger partial charge on any atom is -0.411 e. The van der Waals surface area contributed by atoms with Gasteiger partial charge in [0, 0.05) is 13.2 Å². The molecule has 0 N–H and O–H groups in total. The summed E-state index contributed by atoms with van der Waals surface area (Å²) >= 11 is 0. The van der Waals surface area contributed by atoms with Crippen molar-refractivity contribution in [1.82, 2.24) is 0 Å². The molecule has 0 rings (SSSR count). The zero-order valence-corrected chi connectivity index (χ0v) is 9.67. The average Bonchev–Trinajstić information content (AvgIpc) is 2.04. The van der Waals surface area contributed by atoms with Gasteiger partial charge in [-0.15, -0.1) is 0 Å². The van der Waals surface area contributed by atoms with Crippen LogP contribution >= 0.6 is 0 Å². The summed E-state index contributed by atoms with van der Waals surface area (Å²) in [5, 5.41) is 0. The third kappa shape index (κ3) is 8.32. The maximum atomic E-state index is 5.58. The summed E-state index contributed by atoms with van der Waals surface area (Å²) in [5.74, 6) is 1.16. The normalized spacial score (nSPS) is 11.3. The van der Waals surface area contributed by atoms with Crippen LogP contribution in [0.25, 0.3) is 0 Å². The van der Waals surface area contributed by atoms with Gasteiger partial charge in [0.1, 0.15) is 0 Å². The minimum absolute atomic E-state index is 0.00944. The predicted octanol–water partition coefficient (Wildman–Crippen LogP) is 2.84. The Morgan fingerprint density at radius 2 is 1.31 bits per heavy atom. The first-order valence-electron chi connectivity index (χ1n) is 5.29. The molecule has 0 aromatic heterocycles. The molecule has 0 fully saturated rings. The largest absolute Gasteiger partial charge is 0.456 e. The van der Waals surface area contributed by atoms with Crippen LogP contribution < -0.4 is 0 Å². The van der Waals surface area contributed by atoms with Crippen LogP contribution in [0, 0.1) is 11.8 Å². The fourth-order valence-corrected chi connectivity index (χ4v) is 0.883. The van der Waals surface area contributed by atoms with Crippen LogP contribution in [0.15, 0.2) is 0 Å². The van der Waals surface area contributed by atoms with Crippen molar-refractivity contribution in [3.05, 3.63) is 0 Å². The van der Waals surface area contributed by atoms with Crippen molar-refractivity contribution in [2.75, 3.05) is 13.2 Å². The molecule has 0 radical (unpaired) electrons. The van der Waals surface area contributed by atoms with Gasteiger partial charge in [-0.2, -0.15) is 0 Å². The molecule has 3 heteroatoms. The van der Waals surface area contributed by atoms with E-state index in [0.29, 0.717) is 11.8 Å². The van der Waals surface area contributed by atoms with E-state index in [4.69, 9.17) is 9.31 Å². The molecule has 0 spiro atoms. The van der Waals surface area contributed by atoms with Crippen LogP contribution in [-0.4, -0.2) is 20.3 Å². The van der Waals surface area contributed by atoms with E-state index in [1.807, 2.05) is 0 Å². The first-order chi connectivity index (χ1) is 6.06. The summed E-state index contributed by atoms with van der Waals surface area (Å²) in [6, 6.07) is 0. The van der Waals surface area contributed by atoms with Gasteiger partial charge in [-0.1, -0.05) is 34.6 Å². The fourth-order valence-electron chi connectivity index (χ4n) is 0.883. The monoisotopic (exact) mass is 186 g/mol. The van der Waals surface area contributed by atoms with Crippen molar-refractivity contribution in [2.24, 2.45) is 11.8 Å². The highest BCUT2D eigenvalue weighted by atomic mass is 16.6. The molecule has 0 aromatic carbocycles. The summed E-state index contributed by atoms with van der Waals surface area (Å²) in [7, 11) is -0.00944. The van der Waals surface area contributed by atoms with E-state index in [2.05, 4.69) is 34.6 Å². The van der Waals surface area contributed by atoms with Crippen LogP contribution in [0.3, 0.4) is 0 Å². The van der Waals surface area contributed by atoms with Crippen molar-refractivity contribution < 1.29 is 9.31 Å². The molecule has 0 aliphatic heterocycles. The molecule has 78 valence electrons. The topological polar surface area (TPSA) is 18.5 Å². The van der Waals surface area contributed by atoms with Gasteiger partial charge in [0.15, 0.2) is 0 Å². The molecule has 0 atom stereocenters. The van der Waals surface area contributed by atoms with E-state index in [-0.39, 0.29) is 7.12 Å². The third-order valence-corrected chi connectivity index (χ3v) is 1.56. The number of rotatable bonds is 7. The Morgan fingerprint density at radius 1 is 0.923 bits per heavy atom. The van der Waals surface area contributed by atoms with Gasteiger partial charge in [0.2, 0.25) is 0 Å². The van der Waals surface area contributed by atoms with E-state index in [0.717, 1.165) is 19.5 Å². The van der Waals surface area contributed by atoms with E-state index < -0.39 is 0 Å². The lowest BCUT2D eigenvalue weighted by molar-refractivity contribution is 0.164. The Bertz CT molecular complexity index is 103. The molecular weight excluding hydrogens is 163 g/mol. The maximum absolute atomic E-state index is 5.58. The third-order valence-electron chi connectivity index (χ3n) is 1.56. The van der Waals surface area contributed by atoms with Gasteiger partial charge in [-0.25, -0.2) is 0 Å². The van der Waals surface area contributed by atoms with Crippen LogP contribution in [-0.2, 0) is 9.31 Å². The molecule has 0 saturated carbocycles. The van der Waals surface area contributed by atoms with E-state index >= 15 is 0 Å². The van der Waals surface area contributed by atoms with Crippen LogP contribution in [0.4, 0.5) is 0 Å². The fraction of sp³-hybridized carbons (Fsp3) is 1.00. The molecule has 2 nitrogen and oxygen atoms in total. The highest BCUT2D eigenvalue weighted by Crippen LogP contribution is 2.03. The minimum atomic E-state index is -0.00944. The Labute approximate surface area is 83.1 Å². The molecular formula is C10H23BO2. The lowest BCUT2D eigenvalue weighted by Gasteiger charge is -2.15. The second-order valence-corrected chi connectivity index (χ2v) is 4.29. The molecule has 0 heterocycles. The Morgan fingerprint density at radius 3 is 1.54 bits per heavy atom. The van der Waals surface area contributed by atoms with Gasteiger partial charge in [0.25, 0.3) is 0 Å². The van der Waals surface area contributed by atoms with E-state index in [1.54, 1.807) is 0 Å². The van der Waals surface area contributed by atoms with Gasteiger partial charge < -0.3 is 9.31 Å². The van der Waals surface area contributed by atoms with Crippen molar-refractivity contribution >= 4 is 7.12 Å². The van der Waals surface area contributed by atoms with Gasteiger partial charge >= 0.3 is 7.12 Å². The standard InChI is InChI=1S/C10H23BO2/c1-6-11(12-7-9(2)3)13-8-10(4)5/h9-10H,6-8H2,1-5H3. The van der Waals surface area contributed by atoms with Gasteiger partial charge in [-0.3, -0.25) is 0 Å². The predicted molar refractivity (Wildman–Crippen MR) is 57.8 cm³/mol. The molecule has 0 aliphatic rings. The molecule has 13 heavy (non-hydrogen) atoms. The van der Waals surface area contributed by atoms with Crippen molar-refractivity contribution in [3.8, 4) is 0 Å². The Balaban J connectivity index is 3.51. The summed E-state index contributed by atoms with van der Waals surface area (Å²) < 4.78 is 11.2. The molecule has 0 unspecified atom stereocenters. The Kier molecular flexibility index (Phi) is 7.39. The quantitative estimate of drug-likeness (QED) is 0.569. The SMILES string of the molecule is CCB(OCC(C)C)OCC(C)C. The number of hydrogen-bond acceptors (Lipinski definition) is 2. The van der Waals surface area contributed by atoms with Gasteiger partial charge in [0.05, 0.1) is 0 Å². The second-order valence-electron chi connectivity index (χ2n) is 4.29. The zero-order valence-electron chi connectivity index (χ0n) is 9.67. The molecule has 0 aliphatic carbocycles. The highest BCUT2D eigenvalue weighted by molar-refractivity contribution is 6.44. The summed E-state index contributed by atoms with van der Waals surface area (Å²) in [6.45, 7) is 12.3. The summed E-state index contributed by atoms with van der Waals surface area (Å²) in [4.78, 5) is 0. The smallest absolute Gasteiger partial charge is 0.411 e. The first kappa shape index (κ1) is 13.0. The average molecular weight is 186 g/mol. The Hall–Kier alpha value is -0.0151. The summed E-state index contributed by atoms with van der Waals surface area (Å²) in [5.41, 5.74) is 0. The number of hydrogen-bond donors (Lipinski definition) is 0. The van der Waals surface area contributed by atoms with Crippen LogP contribution in [0.2, 0.25) is 6.32 Å². The first-order valence-corrected chi connectivity index (χ1v) is 5.29. The lowest BCUT2D eigenvalue weighted by Crippen LogP contribution is -2.25. The van der Waals surface area contributed by atoms with Crippen LogP contribution in [0.5, 0.6) is 0 Å². The highest BCUT2D eigenvalue weighted by Gasteiger charge is 2.15.